The van der Waals surface area contributed by atoms with Crippen molar-refractivity contribution in [2.75, 3.05) is 7.11 Å². The molecular weight excluding hydrogens is 447 g/mol. The fraction of sp³-hybridized carbons (Fsp3) is 0.200. The lowest BCUT2D eigenvalue weighted by molar-refractivity contribution is 0.419. The molecule has 9 N–H and O–H groups in total. The zero-order valence-electron chi connectivity index (χ0n) is 17.3. The summed E-state index contributed by atoms with van der Waals surface area (Å²) in [4.78, 5) is 19.5. The molecule has 0 saturated carbocycles. The number of benzene rings is 1. The summed E-state index contributed by atoms with van der Waals surface area (Å²) >= 11 is 0. The van der Waals surface area contributed by atoms with Crippen LogP contribution in [0.25, 0.3) is 27.8 Å². The number of fused-ring (bicyclic) bond motifs is 2. The molecule has 1 aromatic carbocycles. The Bertz CT molecular complexity index is 1220. The normalized spacial score (nSPS) is 9.55. The highest BCUT2D eigenvalue weighted by Crippen LogP contribution is 2.34. The summed E-state index contributed by atoms with van der Waals surface area (Å²) < 4.78 is 7.51. The first-order chi connectivity index (χ1) is 12.5. The van der Waals surface area contributed by atoms with Crippen LogP contribution in [-0.2, 0) is 6.54 Å². The van der Waals surface area contributed by atoms with E-state index in [1.807, 2.05) is 18.2 Å². The van der Waals surface area contributed by atoms with E-state index in [0.717, 1.165) is 33.7 Å². The van der Waals surface area contributed by atoms with E-state index in [9.17, 15) is 4.79 Å². The Kier molecular flexibility index (Phi) is 11.5. The first kappa shape index (κ1) is 30.5. The van der Waals surface area contributed by atoms with E-state index in [1.54, 1.807) is 13.2 Å². The number of ether oxygens (including phenoxy) is 1. The van der Waals surface area contributed by atoms with Crippen LogP contribution in [0.4, 0.5) is 0 Å². The zero-order valence-corrected chi connectivity index (χ0v) is 18.9. The van der Waals surface area contributed by atoms with Gasteiger partial charge in [0.1, 0.15) is 11.4 Å². The lowest BCUT2D eigenvalue weighted by Gasteiger charge is -2.11. The van der Waals surface area contributed by atoms with E-state index >= 15 is 0 Å². The lowest BCUT2D eigenvalue weighted by atomic mass is 10.0. The maximum atomic E-state index is 11.8. The van der Waals surface area contributed by atoms with Crippen LogP contribution >= 0.6 is 24.8 Å². The highest BCUT2D eigenvalue weighted by Gasteiger charge is 2.18. The minimum absolute atomic E-state index is 0. The predicted molar refractivity (Wildman–Crippen MR) is 128 cm³/mol. The van der Waals surface area contributed by atoms with Crippen molar-refractivity contribution in [1.29, 1.82) is 0 Å². The Morgan fingerprint density at radius 1 is 1.03 bits per heavy atom. The second kappa shape index (κ2) is 11.7. The molecule has 31 heavy (non-hydrogen) atoms. The van der Waals surface area contributed by atoms with Gasteiger partial charge in [0, 0.05) is 29.3 Å². The van der Waals surface area contributed by atoms with E-state index < -0.39 is 0 Å². The summed E-state index contributed by atoms with van der Waals surface area (Å²) in [6.07, 6.45) is 0. The topological polar surface area (TPSA) is 180 Å². The van der Waals surface area contributed by atoms with Crippen LogP contribution < -0.4 is 16.0 Å². The number of imidazole rings is 1. The Hall–Kier alpha value is -2.66. The van der Waals surface area contributed by atoms with Crippen molar-refractivity contribution in [3.63, 3.8) is 0 Å². The van der Waals surface area contributed by atoms with E-state index in [-0.39, 0.29) is 46.8 Å². The number of hydrogen-bond acceptors (Lipinski definition) is 4. The van der Waals surface area contributed by atoms with Crippen LogP contribution in [0.2, 0.25) is 0 Å². The van der Waals surface area contributed by atoms with Crippen LogP contribution in [0.15, 0.2) is 41.2 Å². The van der Waals surface area contributed by atoms with Gasteiger partial charge in [0.05, 0.1) is 24.0 Å². The van der Waals surface area contributed by atoms with Crippen molar-refractivity contribution >= 4 is 41.4 Å². The molecule has 9 nitrogen and oxygen atoms in total. The average molecular weight is 475 g/mol. The summed E-state index contributed by atoms with van der Waals surface area (Å²) in [5, 5.41) is 0.872. The van der Waals surface area contributed by atoms with Gasteiger partial charge in [-0.25, -0.2) is 4.98 Å². The first-order valence-electron chi connectivity index (χ1n) is 8.43. The van der Waals surface area contributed by atoms with Gasteiger partial charge in [-0.05, 0) is 43.7 Å². The summed E-state index contributed by atoms with van der Waals surface area (Å²) in [6.45, 7) is 4.50. The second-order valence-electron chi connectivity index (χ2n) is 6.33. The SMILES string of the molecule is COc1ccc(-c2nc3ccc(C)c(C)n3c2CN)c2ccc(=O)[nH]c12.Cl.Cl.O.O.O. The number of nitrogens with one attached hydrogen (secondary N) is 1. The molecule has 0 aliphatic heterocycles. The molecule has 0 aliphatic carbocycles. The van der Waals surface area contributed by atoms with Gasteiger partial charge in [-0.15, -0.1) is 24.8 Å². The smallest absolute Gasteiger partial charge is 0.248 e. The fourth-order valence-corrected chi connectivity index (χ4v) is 3.46. The maximum Gasteiger partial charge on any atom is 0.248 e. The molecule has 0 atom stereocenters. The summed E-state index contributed by atoms with van der Waals surface area (Å²) in [7, 11) is 1.59. The highest BCUT2D eigenvalue weighted by atomic mass is 35.5. The number of pyridine rings is 2. The van der Waals surface area contributed by atoms with Gasteiger partial charge in [0.2, 0.25) is 5.56 Å². The van der Waals surface area contributed by atoms with Crippen molar-refractivity contribution in [3.8, 4) is 17.0 Å². The van der Waals surface area contributed by atoms with Gasteiger partial charge in [-0.1, -0.05) is 6.07 Å². The highest BCUT2D eigenvalue weighted by molar-refractivity contribution is 5.97. The Morgan fingerprint density at radius 2 is 1.71 bits per heavy atom. The zero-order chi connectivity index (χ0) is 18.4. The first-order valence-corrected chi connectivity index (χ1v) is 8.43. The van der Waals surface area contributed by atoms with Crippen LogP contribution in [0.5, 0.6) is 5.75 Å². The molecule has 4 aromatic rings. The number of aromatic nitrogens is 3. The molecule has 0 spiro atoms. The quantitative estimate of drug-likeness (QED) is 0.453. The average Bonchev–Trinajstić information content (AvgIpc) is 3.02. The molecule has 0 unspecified atom stereocenters. The number of aryl methyl sites for hydroxylation is 2. The van der Waals surface area contributed by atoms with Gasteiger partial charge in [-0.3, -0.25) is 9.20 Å². The second-order valence-corrected chi connectivity index (χ2v) is 6.33. The van der Waals surface area contributed by atoms with E-state index in [0.29, 0.717) is 17.8 Å². The van der Waals surface area contributed by atoms with Crippen molar-refractivity contribution in [1.82, 2.24) is 14.4 Å². The van der Waals surface area contributed by atoms with Gasteiger partial charge >= 0.3 is 0 Å². The third-order valence-electron chi connectivity index (χ3n) is 4.91. The molecule has 0 amide bonds. The number of halogens is 2. The van der Waals surface area contributed by atoms with Crippen molar-refractivity contribution in [2.24, 2.45) is 5.73 Å². The molecule has 172 valence electrons. The number of H-pyrrole nitrogens is 1. The predicted octanol–water partition coefficient (Wildman–Crippen LogP) is 1.30. The molecular formula is C20H28Cl2N4O5. The van der Waals surface area contributed by atoms with Gasteiger partial charge < -0.3 is 31.9 Å². The number of nitrogens with zero attached hydrogens (tertiary/aromatic N) is 2. The third kappa shape index (κ3) is 4.82. The standard InChI is InChI=1S/C20H20N4O2.2ClH.3H2O/c1-11-4-8-17-22-19(15(10-21)24(17)12(11)2)13-5-7-16(26-3)20-14(13)6-9-18(25)23-20;;;;;/h4-9H,10,21H2,1-3H3,(H,23,25);2*1H;3*1H2. The molecule has 11 heteroatoms. The van der Waals surface area contributed by atoms with Crippen LogP contribution in [-0.4, -0.2) is 37.9 Å². The number of hydrogen-bond donors (Lipinski definition) is 2. The molecule has 4 rings (SSSR count). The minimum atomic E-state index is -0.173. The monoisotopic (exact) mass is 474 g/mol. The van der Waals surface area contributed by atoms with Crippen molar-refractivity contribution < 1.29 is 21.2 Å². The van der Waals surface area contributed by atoms with Gasteiger partial charge in [-0.2, -0.15) is 0 Å². The number of rotatable bonds is 3. The van der Waals surface area contributed by atoms with Crippen LogP contribution in [0.1, 0.15) is 17.0 Å². The molecule has 0 fully saturated rings. The summed E-state index contributed by atoms with van der Waals surface area (Å²) in [5.74, 6) is 0.617. The number of nitrogens with two attached hydrogens (primary N) is 1. The molecule has 0 radical (unpaired) electrons. The van der Waals surface area contributed by atoms with E-state index in [2.05, 4.69) is 29.3 Å². The molecule has 3 aromatic heterocycles. The molecule has 0 aliphatic rings. The summed E-state index contributed by atoms with van der Waals surface area (Å²) in [5.41, 5.74) is 12.4. The largest absolute Gasteiger partial charge is 0.495 e. The Balaban J connectivity index is 0. The van der Waals surface area contributed by atoms with E-state index in [4.69, 9.17) is 15.5 Å². The van der Waals surface area contributed by atoms with Crippen molar-refractivity contribution in [2.45, 2.75) is 20.4 Å². The van der Waals surface area contributed by atoms with E-state index in [1.165, 1.54) is 11.6 Å². The molecule has 0 bridgehead atoms. The van der Waals surface area contributed by atoms with Crippen LogP contribution in [0.3, 0.4) is 0 Å². The van der Waals surface area contributed by atoms with Crippen molar-refractivity contribution in [3.05, 3.63) is 63.7 Å². The minimum Gasteiger partial charge on any atom is -0.495 e. The Labute approximate surface area is 191 Å². The molecule has 3 heterocycles. The van der Waals surface area contributed by atoms with Crippen LogP contribution in [0, 0.1) is 13.8 Å². The fourth-order valence-electron chi connectivity index (χ4n) is 3.46. The van der Waals surface area contributed by atoms with Gasteiger partial charge in [0.25, 0.3) is 0 Å². The Morgan fingerprint density at radius 3 is 2.32 bits per heavy atom. The lowest BCUT2D eigenvalue weighted by Crippen LogP contribution is -2.06. The third-order valence-corrected chi connectivity index (χ3v) is 4.91. The maximum absolute atomic E-state index is 11.8. The summed E-state index contributed by atoms with van der Waals surface area (Å²) in [6, 6.07) is 11.2. The number of aromatic amines is 1. The van der Waals surface area contributed by atoms with Gasteiger partial charge in [0.15, 0.2) is 0 Å². The molecule has 0 saturated heterocycles. The number of methoxy groups -OCH3 is 1.